The standard InChI is InChI=1S/C13H17BrN2OS/c1-9(2)15-5-3-4-13-16-7-11(17-13)10-6-12(14)18-8-10/h6-9,15H,3-5H2,1-2H3. The third-order valence-electron chi connectivity index (χ3n) is 2.53. The van der Waals surface area contributed by atoms with Crippen molar-refractivity contribution in [3.05, 3.63) is 27.3 Å². The summed E-state index contributed by atoms with van der Waals surface area (Å²) in [7, 11) is 0. The van der Waals surface area contributed by atoms with E-state index in [4.69, 9.17) is 4.42 Å². The fraction of sp³-hybridized carbons (Fsp3) is 0.462. The number of oxazole rings is 1. The van der Waals surface area contributed by atoms with Crippen LogP contribution in [0.5, 0.6) is 0 Å². The Morgan fingerprint density at radius 2 is 2.33 bits per heavy atom. The minimum absolute atomic E-state index is 0.535. The summed E-state index contributed by atoms with van der Waals surface area (Å²) in [5.74, 6) is 1.67. The minimum Gasteiger partial charge on any atom is -0.441 e. The molecule has 3 nitrogen and oxygen atoms in total. The molecule has 18 heavy (non-hydrogen) atoms. The van der Waals surface area contributed by atoms with E-state index in [9.17, 15) is 0 Å². The van der Waals surface area contributed by atoms with E-state index in [1.165, 1.54) is 0 Å². The van der Waals surface area contributed by atoms with Crippen LogP contribution in [0.4, 0.5) is 0 Å². The summed E-state index contributed by atoms with van der Waals surface area (Å²) in [6.45, 7) is 5.30. The van der Waals surface area contributed by atoms with Gasteiger partial charge in [0.25, 0.3) is 0 Å². The van der Waals surface area contributed by atoms with Gasteiger partial charge in [0.2, 0.25) is 0 Å². The van der Waals surface area contributed by atoms with Crippen molar-refractivity contribution in [1.82, 2.24) is 10.3 Å². The molecule has 0 saturated heterocycles. The van der Waals surface area contributed by atoms with Gasteiger partial charge in [0.1, 0.15) is 0 Å². The maximum Gasteiger partial charge on any atom is 0.194 e. The van der Waals surface area contributed by atoms with Crippen molar-refractivity contribution >= 4 is 27.3 Å². The van der Waals surface area contributed by atoms with Crippen LogP contribution in [0.25, 0.3) is 11.3 Å². The summed E-state index contributed by atoms with van der Waals surface area (Å²) in [5.41, 5.74) is 1.09. The Balaban J connectivity index is 1.86. The van der Waals surface area contributed by atoms with Crippen LogP contribution in [0.2, 0.25) is 0 Å². The van der Waals surface area contributed by atoms with E-state index in [1.54, 1.807) is 17.5 Å². The van der Waals surface area contributed by atoms with Crippen LogP contribution in [0, 0.1) is 0 Å². The summed E-state index contributed by atoms with van der Waals surface area (Å²) >= 11 is 5.10. The molecule has 0 unspecified atom stereocenters. The second-order valence-corrected chi connectivity index (χ2v) is 6.76. The minimum atomic E-state index is 0.535. The van der Waals surface area contributed by atoms with Crippen molar-refractivity contribution in [2.45, 2.75) is 32.7 Å². The van der Waals surface area contributed by atoms with Gasteiger partial charge in [-0.15, -0.1) is 11.3 Å². The van der Waals surface area contributed by atoms with Crippen LogP contribution in [-0.2, 0) is 6.42 Å². The van der Waals surface area contributed by atoms with Crippen molar-refractivity contribution in [3.63, 3.8) is 0 Å². The molecule has 2 rings (SSSR count). The summed E-state index contributed by atoms with van der Waals surface area (Å²) in [6, 6.07) is 2.59. The highest BCUT2D eigenvalue weighted by molar-refractivity contribution is 9.11. The number of aryl methyl sites for hydroxylation is 1. The monoisotopic (exact) mass is 328 g/mol. The van der Waals surface area contributed by atoms with Crippen LogP contribution >= 0.6 is 27.3 Å². The van der Waals surface area contributed by atoms with E-state index in [1.807, 2.05) is 0 Å². The molecule has 2 aromatic rings. The molecule has 0 aliphatic carbocycles. The van der Waals surface area contributed by atoms with Crippen LogP contribution in [0.15, 0.2) is 25.8 Å². The molecular formula is C13H17BrN2OS. The average Bonchev–Trinajstić information content (AvgIpc) is 2.93. The molecule has 0 amide bonds. The van der Waals surface area contributed by atoms with E-state index in [0.29, 0.717) is 6.04 Å². The third kappa shape index (κ3) is 3.93. The van der Waals surface area contributed by atoms with Gasteiger partial charge in [0, 0.05) is 23.4 Å². The number of hydrogen-bond acceptors (Lipinski definition) is 4. The molecular weight excluding hydrogens is 312 g/mol. The third-order valence-corrected chi connectivity index (χ3v) is 4.03. The van der Waals surface area contributed by atoms with Gasteiger partial charge in [-0.25, -0.2) is 4.98 Å². The number of nitrogens with one attached hydrogen (secondary N) is 1. The molecule has 2 aromatic heterocycles. The number of hydrogen-bond donors (Lipinski definition) is 1. The summed E-state index contributed by atoms with van der Waals surface area (Å²) in [6.07, 6.45) is 3.73. The molecule has 0 spiro atoms. The largest absolute Gasteiger partial charge is 0.441 e. The lowest BCUT2D eigenvalue weighted by atomic mass is 10.3. The van der Waals surface area contributed by atoms with Gasteiger partial charge >= 0.3 is 0 Å². The van der Waals surface area contributed by atoms with Gasteiger partial charge in [0.05, 0.1) is 9.98 Å². The van der Waals surface area contributed by atoms with Crippen LogP contribution in [0.1, 0.15) is 26.2 Å². The van der Waals surface area contributed by atoms with E-state index in [2.05, 4.69) is 51.5 Å². The molecule has 0 radical (unpaired) electrons. The van der Waals surface area contributed by atoms with E-state index < -0.39 is 0 Å². The second-order valence-electron chi connectivity index (χ2n) is 4.47. The number of aromatic nitrogens is 1. The molecule has 0 bridgehead atoms. The molecule has 0 aromatic carbocycles. The Morgan fingerprint density at radius 1 is 1.50 bits per heavy atom. The lowest BCUT2D eigenvalue weighted by Crippen LogP contribution is -2.23. The van der Waals surface area contributed by atoms with E-state index in [-0.39, 0.29) is 0 Å². The predicted octanol–water partition coefficient (Wildman–Crippen LogP) is 4.10. The zero-order valence-electron chi connectivity index (χ0n) is 10.6. The number of rotatable bonds is 6. The maximum atomic E-state index is 5.74. The topological polar surface area (TPSA) is 38.1 Å². The van der Waals surface area contributed by atoms with Crippen molar-refractivity contribution in [2.24, 2.45) is 0 Å². The summed E-state index contributed by atoms with van der Waals surface area (Å²) < 4.78 is 6.84. The Bertz CT molecular complexity index is 493. The molecule has 0 fully saturated rings. The molecule has 0 saturated carbocycles. The predicted molar refractivity (Wildman–Crippen MR) is 79.0 cm³/mol. The van der Waals surface area contributed by atoms with Gasteiger partial charge in [-0.05, 0) is 35.0 Å². The molecule has 0 aliphatic rings. The molecule has 1 N–H and O–H groups in total. The molecule has 98 valence electrons. The fourth-order valence-corrected chi connectivity index (χ4v) is 2.77. The molecule has 0 atom stereocenters. The Kier molecular flexibility index (Phi) is 4.97. The van der Waals surface area contributed by atoms with E-state index in [0.717, 1.165) is 40.4 Å². The highest BCUT2D eigenvalue weighted by Crippen LogP contribution is 2.29. The summed E-state index contributed by atoms with van der Waals surface area (Å²) in [5, 5.41) is 5.45. The molecule has 2 heterocycles. The first kappa shape index (κ1) is 13.8. The van der Waals surface area contributed by atoms with Crippen molar-refractivity contribution in [2.75, 3.05) is 6.54 Å². The van der Waals surface area contributed by atoms with Gasteiger partial charge in [-0.1, -0.05) is 13.8 Å². The SMILES string of the molecule is CC(C)NCCCc1ncc(-c2csc(Br)c2)o1. The summed E-state index contributed by atoms with van der Waals surface area (Å²) in [4.78, 5) is 4.31. The Hall–Kier alpha value is -0.650. The number of halogens is 1. The highest BCUT2D eigenvalue weighted by atomic mass is 79.9. The Morgan fingerprint density at radius 3 is 3.00 bits per heavy atom. The van der Waals surface area contributed by atoms with Gasteiger partial charge in [0.15, 0.2) is 11.7 Å². The quantitative estimate of drug-likeness (QED) is 0.811. The molecule has 5 heteroatoms. The Labute approximate surface area is 120 Å². The smallest absolute Gasteiger partial charge is 0.194 e. The van der Waals surface area contributed by atoms with Crippen molar-refractivity contribution in [3.8, 4) is 11.3 Å². The van der Waals surface area contributed by atoms with Crippen molar-refractivity contribution < 1.29 is 4.42 Å². The van der Waals surface area contributed by atoms with Gasteiger partial charge < -0.3 is 9.73 Å². The first-order valence-electron chi connectivity index (χ1n) is 6.07. The van der Waals surface area contributed by atoms with Crippen LogP contribution in [-0.4, -0.2) is 17.6 Å². The van der Waals surface area contributed by atoms with Gasteiger partial charge in [-0.2, -0.15) is 0 Å². The normalized spacial score (nSPS) is 11.3. The lowest BCUT2D eigenvalue weighted by Gasteiger charge is -2.05. The van der Waals surface area contributed by atoms with Crippen LogP contribution < -0.4 is 5.32 Å². The van der Waals surface area contributed by atoms with Crippen LogP contribution in [0.3, 0.4) is 0 Å². The first-order chi connectivity index (χ1) is 8.65. The average molecular weight is 329 g/mol. The first-order valence-corrected chi connectivity index (χ1v) is 7.75. The zero-order chi connectivity index (χ0) is 13.0. The van der Waals surface area contributed by atoms with E-state index >= 15 is 0 Å². The fourth-order valence-electron chi connectivity index (χ4n) is 1.63. The highest BCUT2D eigenvalue weighted by Gasteiger charge is 2.08. The zero-order valence-corrected chi connectivity index (χ0v) is 13.0. The molecule has 0 aliphatic heterocycles. The van der Waals surface area contributed by atoms with Crippen molar-refractivity contribution in [1.29, 1.82) is 0 Å². The number of thiophene rings is 1. The van der Waals surface area contributed by atoms with Gasteiger partial charge in [-0.3, -0.25) is 0 Å². The number of nitrogens with zero attached hydrogens (tertiary/aromatic N) is 1. The second kappa shape index (κ2) is 6.50. The maximum absolute atomic E-state index is 5.74. The lowest BCUT2D eigenvalue weighted by molar-refractivity contribution is 0.484.